The lowest BCUT2D eigenvalue weighted by Crippen LogP contribution is -2.25. The van der Waals surface area contributed by atoms with Crippen molar-refractivity contribution in [1.29, 1.82) is 0 Å². The van der Waals surface area contributed by atoms with E-state index in [1.165, 1.54) is 0 Å². The minimum absolute atomic E-state index is 0.293. The van der Waals surface area contributed by atoms with Gasteiger partial charge in [-0.1, -0.05) is 26.0 Å². The lowest BCUT2D eigenvalue weighted by molar-refractivity contribution is 0.506. The Kier molecular flexibility index (Phi) is 4.62. The molecular formula is C15H19NO3S. The fourth-order valence-corrected chi connectivity index (χ4v) is 2.91. The maximum absolute atomic E-state index is 12.1. The highest BCUT2D eigenvalue weighted by Crippen LogP contribution is 2.17. The summed E-state index contributed by atoms with van der Waals surface area (Å²) in [5.41, 5.74) is 1.12. The molecule has 1 N–H and O–H groups in total. The van der Waals surface area contributed by atoms with Crippen LogP contribution in [0.1, 0.15) is 31.1 Å². The van der Waals surface area contributed by atoms with Crippen molar-refractivity contribution in [2.24, 2.45) is 0 Å². The Balaban J connectivity index is 1.99. The molecule has 20 heavy (non-hydrogen) atoms. The molecule has 0 amide bonds. The van der Waals surface area contributed by atoms with Crippen molar-refractivity contribution in [1.82, 2.24) is 4.72 Å². The molecule has 2 aromatic rings. The predicted octanol–water partition coefficient (Wildman–Crippen LogP) is 2.92. The molecule has 0 atom stereocenters. The van der Waals surface area contributed by atoms with E-state index in [0.29, 0.717) is 23.8 Å². The molecule has 0 aliphatic carbocycles. The summed E-state index contributed by atoms with van der Waals surface area (Å²) in [5.74, 6) is 1.15. The van der Waals surface area contributed by atoms with Gasteiger partial charge in [0.15, 0.2) is 0 Å². The van der Waals surface area contributed by atoms with Crippen LogP contribution >= 0.6 is 0 Å². The van der Waals surface area contributed by atoms with Crippen LogP contribution in [0, 0.1) is 0 Å². The van der Waals surface area contributed by atoms with E-state index in [4.69, 9.17) is 4.42 Å². The monoisotopic (exact) mass is 293 g/mol. The van der Waals surface area contributed by atoms with E-state index >= 15 is 0 Å². The molecule has 5 heteroatoms. The van der Waals surface area contributed by atoms with Crippen molar-refractivity contribution in [2.45, 2.75) is 31.1 Å². The highest BCUT2D eigenvalue weighted by atomic mass is 32.2. The summed E-state index contributed by atoms with van der Waals surface area (Å²) in [7, 11) is -3.45. The average Bonchev–Trinajstić information content (AvgIpc) is 2.92. The van der Waals surface area contributed by atoms with Crippen molar-refractivity contribution in [3.05, 3.63) is 54.0 Å². The Bertz CT molecular complexity index is 628. The number of rotatable bonds is 6. The van der Waals surface area contributed by atoms with Crippen LogP contribution in [0.2, 0.25) is 0 Å². The minimum atomic E-state index is -3.45. The van der Waals surface area contributed by atoms with E-state index in [1.807, 2.05) is 18.2 Å². The van der Waals surface area contributed by atoms with Crippen molar-refractivity contribution in [3.63, 3.8) is 0 Å². The van der Waals surface area contributed by atoms with Gasteiger partial charge in [-0.3, -0.25) is 0 Å². The van der Waals surface area contributed by atoms with E-state index in [1.54, 1.807) is 24.5 Å². The van der Waals surface area contributed by atoms with Gasteiger partial charge in [-0.15, -0.1) is 0 Å². The van der Waals surface area contributed by atoms with Crippen LogP contribution < -0.4 is 4.72 Å². The van der Waals surface area contributed by atoms with Crippen LogP contribution in [0.15, 0.2) is 52.0 Å². The van der Waals surface area contributed by atoms with Crippen LogP contribution in [0.4, 0.5) is 0 Å². The normalized spacial score (nSPS) is 11.9. The van der Waals surface area contributed by atoms with Crippen molar-refractivity contribution < 1.29 is 12.8 Å². The van der Waals surface area contributed by atoms with E-state index in [-0.39, 0.29) is 0 Å². The molecule has 0 radical (unpaired) electrons. The fraction of sp³-hybridized carbons (Fsp3) is 0.333. The Morgan fingerprint density at radius 2 is 1.85 bits per heavy atom. The number of furan rings is 1. The Morgan fingerprint density at radius 3 is 2.40 bits per heavy atom. The lowest BCUT2D eigenvalue weighted by Gasteiger charge is -2.08. The Labute approximate surface area is 119 Å². The number of nitrogens with one attached hydrogen (secondary N) is 1. The molecule has 4 nitrogen and oxygen atoms in total. The highest BCUT2D eigenvalue weighted by molar-refractivity contribution is 7.89. The quantitative estimate of drug-likeness (QED) is 0.891. The third-order valence-electron chi connectivity index (χ3n) is 3.10. The molecule has 1 heterocycles. The zero-order valence-corrected chi connectivity index (χ0v) is 12.5. The highest BCUT2D eigenvalue weighted by Gasteiger charge is 2.13. The van der Waals surface area contributed by atoms with Gasteiger partial charge in [-0.2, -0.15) is 0 Å². The SMILES string of the molecule is CC(C)c1ccc(S(=O)(=O)NCCc2ccco2)cc1. The second kappa shape index (κ2) is 6.24. The topological polar surface area (TPSA) is 59.3 Å². The summed E-state index contributed by atoms with van der Waals surface area (Å²) in [6, 6.07) is 10.6. The number of hydrogen-bond donors (Lipinski definition) is 1. The fourth-order valence-electron chi connectivity index (χ4n) is 1.88. The largest absolute Gasteiger partial charge is 0.469 e. The molecule has 0 saturated carbocycles. The zero-order valence-electron chi connectivity index (χ0n) is 11.7. The summed E-state index contributed by atoms with van der Waals surface area (Å²) in [4.78, 5) is 0.293. The van der Waals surface area contributed by atoms with Crippen LogP contribution in [-0.4, -0.2) is 15.0 Å². The maximum atomic E-state index is 12.1. The second-order valence-corrected chi connectivity index (χ2v) is 6.72. The molecule has 0 spiro atoms. The molecule has 0 bridgehead atoms. The van der Waals surface area contributed by atoms with Gasteiger partial charge in [0.25, 0.3) is 0 Å². The van der Waals surface area contributed by atoms with Crippen molar-refractivity contribution >= 4 is 10.0 Å². The first kappa shape index (κ1) is 14.8. The van der Waals surface area contributed by atoms with Crippen LogP contribution in [0.25, 0.3) is 0 Å². The molecule has 0 aliphatic rings. The summed E-state index contributed by atoms with van der Waals surface area (Å²) >= 11 is 0. The molecule has 108 valence electrons. The standard InChI is InChI=1S/C15H19NO3S/c1-12(2)13-5-7-15(8-6-13)20(17,18)16-10-9-14-4-3-11-19-14/h3-8,11-12,16H,9-10H2,1-2H3. The van der Waals surface area contributed by atoms with Gasteiger partial charge >= 0.3 is 0 Å². The van der Waals surface area contributed by atoms with Gasteiger partial charge in [-0.05, 0) is 35.7 Å². The predicted molar refractivity (Wildman–Crippen MR) is 78.1 cm³/mol. The van der Waals surface area contributed by atoms with E-state index < -0.39 is 10.0 Å². The van der Waals surface area contributed by atoms with Gasteiger partial charge in [0.05, 0.1) is 11.2 Å². The Hall–Kier alpha value is -1.59. The van der Waals surface area contributed by atoms with Crippen molar-refractivity contribution in [3.8, 4) is 0 Å². The summed E-state index contributed by atoms with van der Waals surface area (Å²) in [6.07, 6.45) is 2.12. The third kappa shape index (κ3) is 3.71. The number of sulfonamides is 1. The lowest BCUT2D eigenvalue weighted by atomic mass is 10.0. The Morgan fingerprint density at radius 1 is 1.15 bits per heavy atom. The summed E-state index contributed by atoms with van der Waals surface area (Å²) in [6.45, 7) is 4.47. The van der Waals surface area contributed by atoms with Crippen LogP contribution in [-0.2, 0) is 16.4 Å². The molecule has 0 saturated heterocycles. The molecule has 1 aromatic heterocycles. The van der Waals surface area contributed by atoms with Crippen LogP contribution in [0.5, 0.6) is 0 Å². The molecule has 2 rings (SSSR count). The summed E-state index contributed by atoms with van der Waals surface area (Å²) < 4.78 is 31.9. The first-order valence-corrected chi connectivity index (χ1v) is 8.09. The van der Waals surface area contributed by atoms with E-state index in [0.717, 1.165) is 11.3 Å². The first-order chi connectivity index (χ1) is 9.49. The number of hydrogen-bond acceptors (Lipinski definition) is 3. The van der Waals surface area contributed by atoms with E-state index in [2.05, 4.69) is 18.6 Å². The van der Waals surface area contributed by atoms with E-state index in [9.17, 15) is 8.42 Å². The molecule has 0 unspecified atom stereocenters. The number of benzene rings is 1. The van der Waals surface area contributed by atoms with Gasteiger partial charge in [0, 0.05) is 13.0 Å². The maximum Gasteiger partial charge on any atom is 0.240 e. The molecule has 0 fully saturated rings. The van der Waals surface area contributed by atoms with Gasteiger partial charge in [0.2, 0.25) is 10.0 Å². The average molecular weight is 293 g/mol. The zero-order chi connectivity index (χ0) is 14.6. The first-order valence-electron chi connectivity index (χ1n) is 6.61. The minimum Gasteiger partial charge on any atom is -0.469 e. The smallest absolute Gasteiger partial charge is 0.240 e. The van der Waals surface area contributed by atoms with Gasteiger partial charge < -0.3 is 4.42 Å². The summed E-state index contributed by atoms with van der Waals surface area (Å²) in [5, 5.41) is 0. The van der Waals surface area contributed by atoms with Gasteiger partial charge in [-0.25, -0.2) is 13.1 Å². The van der Waals surface area contributed by atoms with Crippen molar-refractivity contribution in [2.75, 3.05) is 6.54 Å². The van der Waals surface area contributed by atoms with Gasteiger partial charge in [0.1, 0.15) is 5.76 Å². The molecular weight excluding hydrogens is 274 g/mol. The second-order valence-electron chi connectivity index (χ2n) is 4.95. The molecule has 1 aromatic carbocycles. The third-order valence-corrected chi connectivity index (χ3v) is 4.58. The molecule has 0 aliphatic heterocycles. The van der Waals surface area contributed by atoms with Crippen LogP contribution in [0.3, 0.4) is 0 Å².